The van der Waals surface area contributed by atoms with E-state index in [0.29, 0.717) is 22.8 Å². The lowest BCUT2D eigenvalue weighted by Crippen LogP contribution is -2.26. The summed E-state index contributed by atoms with van der Waals surface area (Å²) in [5.74, 6) is 0.773. The molecule has 4 rings (SSSR count). The largest absolute Gasteiger partial charge is 0.495 e. The standard InChI is InChI=1S/C25H24N4O3/c1-17-11-13-18(14-12-17)25(31)26-15-23-27-19-7-3-5-9-21(19)29(23)16-24(30)28-20-8-4-6-10-22(20)32-2/h3-14H,15-16H2,1-2H3,(H,26,31)(H,28,30). The summed E-state index contributed by atoms with van der Waals surface area (Å²) >= 11 is 0. The number of rotatable bonds is 7. The third-order valence-corrected chi connectivity index (χ3v) is 5.14. The molecule has 2 amide bonds. The Morgan fingerprint density at radius 3 is 2.47 bits per heavy atom. The highest BCUT2D eigenvalue weighted by molar-refractivity contribution is 5.94. The number of amides is 2. The zero-order valence-electron chi connectivity index (χ0n) is 18.0. The average molecular weight is 428 g/mol. The van der Waals surface area contributed by atoms with Crippen molar-refractivity contribution in [3.8, 4) is 5.75 Å². The normalized spacial score (nSPS) is 10.7. The van der Waals surface area contributed by atoms with Crippen LogP contribution in [0.5, 0.6) is 5.75 Å². The van der Waals surface area contributed by atoms with Gasteiger partial charge in [0, 0.05) is 5.56 Å². The first-order valence-electron chi connectivity index (χ1n) is 10.3. The molecule has 3 aromatic carbocycles. The van der Waals surface area contributed by atoms with Crippen molar-refractivity contribution in [1.29, 1.82) is 0 Å². The molecule has 0 saturated heterocycles. The minimum atomic E-state index is -0.219. The van der Waals surface area contributed by atoms with Crippen LogP contribution in [0.25, 0.3) is 11.0 Å². The molecular weight excluding hydrogens is 404 g/mol. The Morgan fingerprint density at radius 1 is 0.969 bits per heavy atom. The second-order valence-electron chi connectivity index (χ2n) is 7.40. The number of nitrogens with one attached hydrogen (secondary N) is 2. The van der Waals surface area contributed by atoms with Gasteiger partial charge in [0.15, 0.2) is 0 Å². The lowest BCUT2D eigenvalue weighted by molar-refractivity contribution is -0.116. The van der Waals surface area contributed by atoms with Crippen molar-refractivity contribution in [1.82, 2.24) is 14.9 Å². The van der Waals surface area contributed by atoms with Crippen LogP contribution in [0.3, 0.4) is 0 Å². The maximum absolute atomic E-state index is 12.8. The lowest BCUT2D eigenvalue weighted by atomic mass is 10.1. The summed E-state index contributed by atoms with van der Waals surface area (Å²) in [5, 5.41) is 5.79. The molecule has 0 bridgehead atoms. The number of methoxy groups -OCH3 is 1. The van der Waals surface area contributed by atoms with Crippen LogP contribution >= 0.6 is 0 Å². The first-order chi connectivity index (χ1) is 15.5. The van der Waals surface area contributed by atoms with E-state index in [1.807, 2.05) is 60.0 Å². The number of nitrogens with zero attached hydrogens (tertiary/aromatic N) is 2. The van der Waals surface area contributed by atoms with Crippen molar-refractivity contribution in [2.24, 2.45) is 0 Å². The van der Waals surface area contributed by atoms with Crippen LogP contribution < -0.4 is 15.4 Å². The minimum absolute atomic E-state index is 0.0499. The smallest absolute Gasteiger partial charge is 0.251 e. The van der Waals surface area contributed by atoms with E-state index in [1.54, 1.807) is 31.4 Å². The van der Waals surface area contributed by atoms with Gasteiger partial charge in [0.05, 0.1) is 30.4 Å². The SMILES string of the molecule is COc1ccccc1NC(=O)Cn1c(CNC(=O)c2ccc(C)cc2)nc2ccccc21. The Morgan fingerprint density at radius 2 is 1.69 bits per heavy atom. The zero-order valence-corrected chi connectivity index (χ0v) is 18.0. The summed E-state index contributed by atoms with van der Waals surface area (Å²) in [6, 6.07) is 22.2. The number of aryl methyl sites for hydroxylation is 1. The number of imidazole rings is 1. The summed E-state index contributed by atoms with van der Waals surface area (Å²) in [6.45, 7) is 2.22. The first kappa shape index (κ1) is 21.1. The highest BCUT2D eigenvalue weighted by atomic mass is 16.5. The fourth-order valence-corrected chi connectivity index (χ4v) is 3.48. The van der Waals surface area contributed by atoms with E-state index in [4.69, 9.17) is 4.74 Å². The van der Waals surface area contributed by atoms with E-state index >= 15 is 0 Å². The van der Waals surface area contributed by atoms with Gasteiger partial charge in [0.25, 0.3) is 5.91 Å². The van der Waals surface area contributed by atoms with Crippen LogP contribution in [-0.4, -0.2) is 28.5 Å². The molecule has 1 heterocycles. The maximum atomic E-state index is 12.8. The molecular formula is C25H24N4O3. The number of carbonyl (C=O) groups excluding carboxylic acids is 2. The fraction of sp³-hybridized carbons (Fsp3) is 0.160. The van der Waals surface area contributed by atoms with Crippen LogP contribution in [0, 0.1) is 6.92 Å². The highest BCUT2D eigenvalue weighted by Crippen LogP contribution is 2.23. The van der Waals surface area contributed by atoms with Gasteiger partial charge in [-0.3, -0.25) is 9.59 Å². The second-order valence-corrected chi connectivity index (χ2v) is 7.40. The molecule has 7 nitrogen and oxygen atoms in total. The van der Waals surface area contributed by atoms with Gasteiger partial charge in [-0.2, -0.15) is 0 Å². The van der Waals surface area contributed by atoms with Gasteiger partial charge in [-0.15, -0.1) is 0 Å². The fourth-order valence-electron chi connectivity index (χ4n) is 3.48. The van der Waals surface area contributed by atoms with Gasteiger partial charge < -0.3 is 19.9 Å². The molecule has 0 aliphatic carbocycles. The monoisotopic (exact) mass is 428 g/mol. The zero-order chi connectivity index (χ0) is 22.5. The lowest BCUT2D eigenvalue weighted by Gasteiger charge is -2.13. The number of hydrogen-bond acceptors (Lipinski definition) is 4. The van der Waals surface area contributed by atoms with Crippen molar-refractivity contribution in [3.63, 3.8) is 0 Å². The van der Waals surface area contributed by atoms with Crippen molar-refractivity contribution >= 4 is 28.5 Å². The van der Waals surface area contributed by atoms with Crippen LogP contribution in [0.4, 0.5) is 5.69 Å². The van der Waals surface area contributed by atoms with Crippen molar-refractivity contribution in [2.75, 3.05) is 12.4 Å². The van der Waals surface area contributed by atoms with Crippen molar-refractivity contribution in [2.45, 2.75) is 20.0 Å². The van der Waals surface area contributed by atoms with Gasteiger partial charge in [-0.05, 0) is 43.3 Å². The van der Waals surface area contributed by atoms with Crippen LogP contribution in [-0.2, 0) is 17.9 Å². The van der Waals surface area contributed by atoms with Crippen molar-refractivity contribution in [3.05, 3.63) is 89.7 Å². The van der Waals surface area contributed by atoms with Gasteiger partial charge in [0.1, 0.15) is 18.1 Å². The number of aromatic nitrogens is 2. The molecule has 32 heavy (non-hydrogen) atoms. The minimum Gasteiger partial charge on any atom is -0.495 e. The Hall–Kier alpha value is -4.13. The van der Waals surface area contributed by atoms with E-state index in [1.165, 1.54) is 0 Å². The number of carbonyl (C=O) groups is 2. The number of ether oxygens (including phenoxy) is 1. The quantitative estimate of drug-likeness (QED) is 0.467. The third kappa shape index (κ3) is 4.62. The van der Waals surface area contributed by atoms with Gasteiger partial charge in [-0.25, -0.2) is 4.98 Å². The topological polar surface area (TPSA) is 85.2 Å². The molecule has 2 N–H and O–H groups in total. The molecule has 7 heteroatoms. The molecule has 0 fully saturated rings. The molecule has 1 aromatic heterocycles. The van der Waals surface area contributed by atoms with Gasteiger partial charge >= 0.3 is 0 Å². The van der Waals surface area contributed by atoms with Gasteiger partial charge in [0.2, 0.25) is 5.91 Å². The number of hydrogen-bond donors (Lipinski definition) is 2. The highest BCUT2D eigenvalue weighted by Gasteiger charge is 2.16. The summed E-state index contributed by atoms with van der Waals surface area (Å²) < 4.78 is 7.12. The molecule has 162 valence electrons. The predicted molar refractivity (Wildman–Crippen MR) is 124 cm³/mol. The number of para-hydroxylation sites is 4. The summed E-state index contributed by atoms with van der Waals surface area (Å²) in [7, 11) is 1.56. The van der Waals surface area contributed by atoms with Crippen LogP contribution in [0.2, 0.25) is 0 Å². The van der Waals surface area contributed by atoms with Crippen LogP contribution in [0.15, 0.2) is 72.8 Å². The van der Waals surface area contributed by atoms with Crippen molar-refractivity contribution < 1.29 is 14.3 Å². The Labute approximate surface area is 186 Å². The Balaban J connectivity index is 1.54. The Kier molecular flexibility index (Phi) is 6.17. The average Bonchev–Trinajstić information content (AvgIpc) is 3.15. The van der Waals surface area contributed by atoms with E-state index in [9.17, 15) is 9.59 Å². The number of benzene rings is 3. The molecule has 0 unspecified atom stereocenters. The Bertz CT molecular complexity index is 1260. The summed E-state index contributed by atoms with van der Waals surface area (Å²) in [6.07, 6.45) is 0. The van der Waals surface area contributed by atoms with Gasteiger partial charge in [-0.1, -0.05) is 42.0 Å². The molecule has 0 spiro atoms. The molecule has 0 radical (unpaired) electrons. The third-order valence-electron chi connectivity index (χ3n) is 5.14. The van der Waals surface area contributed by atoms with Crippen LogP contribution in [0.1, 0.15) is 21.7 Å². The van der Waals surface area contributed by atoms with E-state index in [2.05, 4.69) is 15.6 Å². The molecule has 0 saturated carbocycles. The number of fused-ring (bicyclic) bond motifs is 1. The molecule has 0 aliphatic heterocycles. The molecule has 0 atom stereocenters. The van der Waals surface area contributed by atoms with E-state index in [0.717, 1.165) is 16.6 Å². The maximum Gasteiger partial charge on any atom is 0.251 e. The predicted octanol–water partition coefficient (Wildman–Crippen LogP) is 3.92. The van der Waals surface area contributed by atoms with E-state index in [-0.39, 0.29) is 24.9 Å². The number of anilines is 1. The first-order valence-corrected chi connectivity index (χ1v) is 10.3. The molecule has 4 aromatic rings. The molecule has 0 aliphatic rings. The van der Waals surface area contributed by atoms with E-state index < -0.39 is 0 Å². The second kappa shape index (κ2) is 9.34. The summed E-state index contributed by atoms with van der Waals surface area (Å²) in [4.78, 5) is 30.0. The summed E-state index contributed by atoms with van der Waals surface area (Å²) in [5.41, 5.74) is 3.84.